The summed E-state index contributed by atoms with van der Waals surface area (Å²) in [6.07, 6.45) is 4.07. The third kappa shape index (κ3) is 7.62. The molecule has 1 heterocycles. The van der Waals surface area contributed by atoms with E-state index in [0.29, 0.717) is 12.2 Å². The Balaban J connectivity index is 0.00000182. The van der Waals surface area contributed by atoms with Crippen molar-refractivity contribution in [3.05, 3.63) is 71.3 Å². The number of hydrogen-bond acceptors (Lipinski definition) is 4. The molecule has 0 saturated carbocycles. The fraction of sp³-hybridized carbons (Fsp3) is 0.286. The molecule has 6 heteroatoms. The third-order valence-electron chi connectivity index (χ3n) is 4.24. The standard InChI is InChI=1S/C21H23N3O.2ClH/c22-16-19-7-9-21(10-8-19)25-15-1-2-18-3-5-20(6-4-18)17-24-13-11-23-12-14-24;;/h1-10,23H,11-15,17H2;2*1H/b2-1+;;. The van der Waals surface area contributed by atoms with Crippen molar-refractivity contribution in [3.63, 3.8) is 0 Å². The first-order chi connectivity index (χ1) is 12.3. The molecule has 0 bridgehead atoms. The number of nitrogens with zero attached hydrogens (tertiary/aromatic N) is 2. The van der Waals surface area contributed by atoms with Crippen LogP contribution in [0.2, 0.25) is 0 Å². The highest BCUT2D eigenvalue weighted by molar-refractivity contribution is 5.85. The summed E-state index contributed by atoms with van der Waals surface area (Å²) in [6, 6.07) is 17.9. The molecule has 1 fully saturated rings. The maximum Gasteiger partial charge on any atom is 0.119 e. The highest BCUT2D eigenvalue weighted by Crippen LogP contribution is 2.12. The van der Waals surface area contributed by atoms with Crippen LogP contribution in [0.25, 0.3) is 6.08 Å². The van der Waals surface area contributed by atoms with E-state index in [1.165, 1.54) is 11.1 Å². The molecule has 0 radical (unpaired) electrons. The summed E-state index contributed by atoms with van der Waals surface area (Å²) in [5.41, 5.74) is 3.17. The highest BCUT2D eigenvalue weighted by Gasteiger charge is 2.09. The number of rotatable bonds is 6. The number of halogens is 2. The average molecular weight is 406 g/mol. The molecule has 0 atom stereocenters. The lowest BCUT2D eigenvalue weighted by Crippen LogP contribution is -2.42. The van der Waals surface area contributed by atoms with Crippen molar-refractivity contribution < 1.29 is 4.74 Å². The van der Waals surface area contributed by atoms with E-state index in [0.717, 1.165) is 38.5 Å². The molecule has 0 unspecified atom stereocenters. The maximum atomic E-state index is 8.77. The quantitative estimate of drug-likeness (QED) is 0.791. The van der Waals surface area contributed by atoms with Crippen LogP contribution in [0.4, 0.5) is 0 Å². The summed E-state index contributed by atoms with van der Waals surface area (Å²) in [5.74, 6) is 0.773. The molecule has 1 N–H and O–H groups in total. The maximum absolute atomic E-state index is 8.77. The Morgan fingerprint density at radius 3 is 2.30 bits per heavy atom. The first kappa shape index (κ1) is 23.0. The van der Waals surface area contributed by atoms with E-state index in [-0.39, 0.29) is 24.8 Å². The van der Waals surface area contributed by atoms with Crippen LogP contribution in [0.3, 0.4) is 0 Å². The first-order valence-corrected chi connectivity index (χ1v) is 8.65. The van der Waals surface area contributed by atoms with Crippen LogP contribution in [0.15, 0.2) is 54.6 Å². The van der Waals surface area contributed by atoms with Gasteiger partial charge in [0.15, 0.2) is 0 Å². The van der Waals surface area contributed by atoms with E-state index in [4.69, 9.17) is 10.00 Å². The molecule has 1 aliphatic rings. The number of piperazine rings is 1. The van der Waals surface area contributed by atoms with Gasteiger partial charge >= 0.3 is 0 Å². The van der Waals surface area contributed by atoms with Crippen LogP contribution >= 0.6 is 24.8 Å². The van der Waals surface area contributed by atoms with Gasteiger partial charge in [-0.05, 0) is 41.5 Å². The van der Waals surface area contributed by atoms with Gasteiger partial charge in [-0.25, -0.2) is 0 Å². The third-order valence-corrected chi connectivity index (χ3v) is 4.24. The van der Waals surface area contributed by atoms with Crippen molar-refractivity contribution in [1.82, 2.24) is 10.2 Å². The van der Waals surface area contributed by atoms with Crippen molar-refractivity contribution in [2.75, 3.05) is 32.8 Å². The van der Waals surface area contributed by atoms with Crippen molar-refractivity contribution in [2.24, 2.45) is 0 Å². The molecule has 2 aromatic rings. The predicted molar refractivity (Wildman–Crippen MR) is 115 cm³/mol. The number of nitriles is 1. The fourth-order valence-corrected chi connectivity index (χ4v) is 2.82. The van der Waals surface area contributed by atoms with Gasteiger partial charge in [0.2, 0.25) is 0 Å². The van der Waals surface area contributed by atoms with Gasteiger partial charge in [-0.3, -0.25) is 4.90 Å². The van der Waals surface area contributed by atoms with Crippen LogP contribution < -0.4 is 10.1 Å². The minimum atomic E-state index is 0. The molecule has 0 aromatic heterocycles. The molecule has 2 aromatic carbocycles. The Bertz CT molecular complexity index is 734. The molecule has 3 rings (SSSR count). The molecule has 0 spiro atoms. The molecular weight excluding hydrogens is 381 g/mol. The SMILES string of the molecule is Cl.Cl.N#Cc1ccc(OC/C=C/c2ccc(CN3CCNCC3)cc2)cc1. The lowest BCUT2D eigenvalue weighted by atomic mass is 10.1. The minimum absolute atomic E-state index is 0. The topological polar surface area (TPSA) is 48.3 Å². The summed E-state index contributed by atoms with van der Waals surface area (Å²) in [5, 5.41) is 12.2. The molecule has 1 aliphatic heterocycles. The van der Waals surface area contributed by atoms with Crippen LogP contribution in [0.5, 0.6) is 5.75 Å². The second kappa shape index (κ2) is 12.4. The smallest absolute Gasteiger partial charge is 0.119 e. The molecule has 4 nitrogen and oxygen atoms in total. The molecule has 0 amide bonds. The van der Waals surface area contributed by atoms with Crippen LogP contribution in [-0.2, 0) is 6.54 Å². The number of nitrogens with one attached hydrogen (secondary N) is 1. The van der Waals surface area contributed by atoms with Gasteiger partial charge in [0.1, 0.15) is 12.4 Å². The number of hydrogen-bond donors (Lipinski definition) is 1. The van der Waals surface area contributed by atoms with Gasteiger partial charge in [0.25, 0.3) is 0 Å². The normalized spacial score (nSPS) is 14.0. The Morgan fingerprint density at radius 2 is 1.67 bits per heavy atom. The van der Waals surface area contributed by atoms with E-state index in [1.54, 1.807) is 12.1 Å². The molecular formula is C21H25Cl2N3O. The van der Waals surface area contributed by atoms with Crippen molar-refractivity contribution in [1.29, 1.82) is 5.26 Å². The largest absolute Gasteiger partial charge is 0.490 e. The number of benzene rings is 2. The van der Waals surface area contributed by atoms with Crippen molar-refractivity contribution in [2.45, 2.75) is 6.54 Å². The fourth-order valence-electron chi connectivity index (χ4n) is 2.82. The van der Waals surface area contributed by atoms with Gasteiger partial charge in [-0.1, -0.05) is 30.3 Å². The van der Waals surface area contributed by atoms with Gasteiger partial charge in [0, 0.05) is 32.7 Å². The zero-order chi connectivity index (χ0) is 17.3. The Morgan fingerprint density at radius 1 is 1.00 bits per heavy atom. The van der Waals surface area contributed by atoms with E-state index in [2.05, 4.69) is 46.6 Å². The van der Waals surface area contributed by atoms with Crippen LogP contribution in [-0.4, -0.2) is 37.7 Å². The molecule has 27 heavy (non-hydrogen) atoms. The van der Waals surface area contributed by atoms with Gasteiger partial charge in [-0.15, -0.1) is 24.8 Å². The van der Waals surface area contributed by atoms with Crippen molar-refractivity contribution in [3.8, 4) is 11.8 Å². The van der Waals surface area contributed by atoms with Gasteiger partial charge in [0.05, 0.1) is 11.6 Å². The Kier molecular flexibility index (Phi) is 10.5. The second-order valence-electron chi connectivity index (χ2n) is 6.12. The van der Waals surface area contributed by atoms with Crippen molar-refractivity contribution >= 4 is 30.9 Å². The lowest BCUT2D eigenvalue weighted by Gasteiger charge is -2.27. The average Bonchev–Trinajstić information content (AvgIpc) is 2.68. The lowest BCUT2D eigenvalue weighted by molar-refractivity contribution is 0.233. The first-order valence-electron chi connectivity index (χ1n) is 8.65. The molecule has 144 valence electrons. The van der Waals surface area contributed by atoms with Gasteiger partial charge in [-0.2, -0.15) is 5.26 Å². The summed E-state index contributed by atoms with van der Waals surface area (Å²) >= 11 is 0. The van der Waals surface area contributed by atoms with E-state index in [1.807, 2.05) is 18.2 Å². The zero-order valence-corrected chi connectivity index (χ0v) is 16.8. The van der Waals surface area contributed by atoms with E-state index < -0.39 is 0 Å². The minimum Gasteiger partial charge on any atom is -0.490 e. The second-order valence-corrected chi connectivity index (χ2v) is 6.12. The zero-order valence-electron chi connectivity index (χ0n) is 15.1. The van der Waals surface area contributed by atoms with Crippen LogP contribution in [0, 0.1) is 11.3 Å². The summed E-state index contributed by atoms with van der Waals surface area (Å²) in [6.45, 7) is 5.94. The Hall–Kier alpha value is -2.03. The number of ether oxygens (including phenoxy) is 1. The van der Waals surface area contributed by atoms with E-state index >= 15 is 0 Å². The van der Waals surface area contributed by atoms with Gasteiger partial charge < -0.3 is 10.1 Å². The summed E-state index contributed by atoms with van der Waals surface area (Å²) in [4.78, 5) is 2.48. The monoisotopic (exact) mass is 405 g/mol. The van der Waals surface area contributed by atoms with Crippen LogP contribution in [0.1, 0.15) is 16.7 Å². The van der Waals surface area contributed by atoms with E-state index in [9.17, 15) is 0 Å². The summed E-state index contributed by atoms with van der Waals surface area (Å²) < 4.78 is 5.64. The highest BCUT2D eigenvalue weighted by atomic mass is 35.5. The molecule has 1 saturated heterocycles. The summed E-state index contributed by atoms with van der Waals surface area (Å²) in [7, 11) is 0. The Labute approximate surface area is 173 Å². The molecule has 0 aliphatic carbocycles. The predicted octanol–water partition coefficient (Wildman–Crippen LogP) is 3.90.